The standard InChI is InChI=1S/C19H22ClNO3/c1-2-18(14-23-13-16-9-6-10-17(20)11-16)24-19(22)21-12-15-7-4-3-5-8-15/h3-11,18H,2,12-14H2,1H3,(H,21,22). The summed E-state index contributed by atoms with van der Waals surface area (Å²) in [6.07, 6.45) is -0.0223. The fourth-order valence-electron chi connectivity index (χ4n) is 2.13. The molecule has 2 aromatic carbocycles. The quantitative estimate of drug-likeness (QED) is 0.761. The summed E-state index contributed by atoms with van der Waals surface area (Å²) in [5.41, 5.74) is 2.02. The Bertz CT molecular complexity index is 634. The molecule has 0 aromatic heterocycles. The van der Waals surface area contributed by atoms with E-state index >= 15 is 0 Å². The number of rotatable bonds is 8. The van der Waals surface area contributed by atoms with Crippen molar-refractivity contribution >= 4 is 17.7 Å². The number of hydrogen-bond donors (Lipinski definition) is 1. The third-order valence-corrected chi connectivity index (χ3v) is 3.71. The van der Waals surface area contributed by atoms with Crippen molar-refractivity contribution < 1.29 is 14.3 Å². The zero-order valence-corrected chi connectivity index (χ0v) is 14.5. The van der Waals surface area contributed by atoms with Crippen LogP contribution in [-0.4, -0.2) is 18.8 Å². The number of ether oxygens (including phenoxy) is 2. The number of alkyl carbamates (subject to hydrolysis) is 1. The molecule has 1 N–H and O–H groups in total. The number of carbonyl (C=O) groups is 1. The van der Waals surface area contributed by atoms with Crippen molar-refractivity contribution in [3.05, 3.63) is 70.7 Å². The summed E-state index contributed by atoms with van der Waals surface area (Å²) in [7, 11) is 0. The summed E-state index contributed by atoms with van der Waals surface area (Å²) >= 11 is 5.93. The van der Waals surface area contributed by atoms with Gasteiger partial charge in [-0.1, -0.05) is 61.0 Å². The molecule has 0 aliphatic rings. The average Bonchev–Trinajstić information content (AvgIpc) is 2.60. The maximum absolute atomic E-state index is 11.9. The van der Waals surface area contributed by atoms with Crippen LogP contribution in [0.1, 0.15) is 24.5 Å². The summed E-state index contributed by atoms with van der Waals surface area (Å²) in [5, 5.41) is 3.43. The van der Waals surface area contributed by atoms with Gasteiger partial charge in [-0.3, -0.25) is 0 Å². The van der Waals surface area contributed by atoms with Crippen LogP contribution in [0.3, 0.4) is 0 Å². The van der Waals surface area contributed by atoms with Gasteiger partial charge in [0, 0.05) is 11.6 Å². The molecule has 24 heavy (non-hydrogen) atoms. The predicted octanol–water partition coefficient (Wildman–Crippen LogP) is 4.56. The third-order valence-electron chi connectivity index (χ3n) is 3.47. The monoisotopic (exact) mass is 347 g/mol. The highest BCUT2D eigenvalue weighted by atomic mass is 35.5. The van der Waals surface area contributed by atoms with Crippen LogP contribution in [0.4, 0.5) is 4.79 Å². The number of carbonyl (C=O) groups excluding carboxylic acids is 1. The molecule has 1 amide bonds. The van der Waals surface area contributed by atoms with E-state index in [0.717, 1.165) is 11.1 Å². The van der Waals surface area contributed by atoms with E-state index in [4.69, 9.17) is 21.1 Å². The Morgan fingerprint density at radius 1 is 1.12 bits per heavy atom. The van der Waals surface area contributed by atoms with E-state index in [1.165, 1.54) is 0 Å². The second-order valence-corrected chi connectivity index (χ2v) is 5.86. The molecule has 0 heterocycles. The Morgan fingerprint density at radius 3 is 2.58 bits per heavy atom. The van der Waals surface area contributed by atoms with Gasteiger partial charge in [0.05, 0.1) is 13.2 Å². The highest BCUT2D eigenvalue weighted by molar-refractivity contribution is 6.30. The maximum atomic E-state index is 11.9. The lowest BCUT2D eigenvalue weighted by Gasteiger charge is -2.17. The zero-order chi connectivity index (χ0) is 17.2. The van der Waals surface area contributed by atoms with Gasteiger partial charge < -0.3 is 14.8 Å². The van der Waals surface area contributed by atoms with Crippen molar-refractivity contribution in [2.75, 3.05) is 6.61 Å². The first-order valence-electron chi connectivity index (χ1n) is 7.98. The molecule has 0 saturated heterocycles. The average molecular weight is 348 g/mol. The van der Waals surface area contributed by atoms with Crippen molar-refractivity contribution in [3.63, 3.8) is 0 Å². The van der Waals surface area contributed by atoms with E-state index in [1.807, 2.05) is 61.5 Å². The van der Waals surface area contributed by atoms with Crippen LogP contribution < -0.4 is 5.32 Å². The van der Waals surface area contributed by atoms with Gasteiger partial charge in [-0.2, -0.15) is 0 Å². The fourth-order valence-corrected chi connectivity index (χ4v) is 2.35. The Balaban J connectivity index is 1.70. The Hall–Kier alpha value is -2.04. The van der Waals surface area contributed by atoms with Crippen molar-refractivity contribution in [1.29, 1.82) is 0 Å². The first-order valence-corrected chi connectivity index (χ1v) is 8.35. The van der Waals surface area contributed by atoms with Crippen LogP contribution in [0, 0.1) is 0 Å². The summed E-state index contributed by atoms with van der Waals surface area (Å²) in [5.74, 6) is 0. The van der Waals surface area contributed by atoms with E-state index in [2.05, 4.69) is 5.32 Å². The molecule has 2 aromatic rings. The van der Waals surface area contributed by atoms with Crippen LogP contribution in [0.5, 0.6) is 0 Å². The molecule has 0 saturated carbocycles. The molecule has 2 rings (SSSR count). The number of halogens is 1. The zero-order valence-electron chi connectivity index (χ0n) is 13.7. The van der Waals surface area contributed by atoms with Gasteiger partial charge in [0.15, 0.2) is 0 Å². The van der Waals surface area contributed by atoms with E-state index in [0.29, 0.717) is 31.2 Å². The van der Waals surface area contributed by atoms with Crippen molar-refractivity contribution in [3.8, 4) is 0 Å². The fraction of sp³-hybridized carbons (Fsp3) is 0.316. The Labute approximate surface area is 147 Å². The van der Waals surface area contributed by atoms with Crippen LogP contribution in [-0.2, 0) is 22.6 Å². The number of nitrogens with one attached hydrogen (secondary N) is 1. The molecule has 0 bridgehead atoms. The van der Waals surface area contributed by atoms with Crippen LogP contribution in [0.15, 0.2) is 54.6 Å². The minimum absolute atomic E-state index is 0.278. The predicted molar refractivity (Wildman–Crippen MR) is 94.9 cm³/mol. The lowest BCUT2D eigenvalue weighted by Crippen LogP contribution is -2.30. The van der Waals surface area contributed by atoms with Gasteiger partial charge in [0.2, 0.25) is 0 Å². The van der Waals surface area contributed by atoms with Crippen LogP contribution in [0.2, 0.25) is 5.02 Å². The Kier molecular flexibility index (Phi) is 7.59. The molecule has 0 spiro atoms. The third kappa shape index (κ3) is 6.60. The van der Waals surface area contributed by atoms with Gasteiger partial charge in [-0.25, -0.2) is 4.79 Å². The molecule has 128 valence electrons. The number of amides is 1. The summed E-state index contributed by atoms with van der Waals surface area (Å²) in [6, 6.07) is 17.2. The van der Waals surface area contributed by atoms with Crippen molar-refractivity contribution in [1.82, 2.24) is 5.32 Å². The molecule has 4 nitrogen and oxygen atoms in total. The highest BCUT2D eigenvalue weighted by Crippen LogP contribution is 2.12. The normalized spacial score (nSPS) is 11.8. The molecular formula is C19H22ClNO3. The van der Waals surface area contributed by atoms with Gasteiger partial charge in [0.25, 0.3) is 0 Å². The van der Waals surface area contributed by atoms with Crippen LogP contribution >= 0.6 is 11.6 Å². The van der Waals surface area contributed by atoms with Gasteiger partial charge in [-0.15, -0.1) is 0 Å². The molecule has 0 aliphatic carbocycles. The van der Waals surface area contributed by atoms with E-state index in [-0.39, 0.29) is 6.10 Å². The van der Waals surface area contributed by atoms with Crippen molar-refractivity contribution in [2.45, 2.75) is 32.6 Å². The molecule has 1 unspecified atom stereocenters. The Morgan fingerprint density at radius 2 is 1.88 bits per heavy atom. The van der Waals surface area contributed by atoms with Crippen molar-refractivity contribution in [2.24, 2.45) is 0 Å². The second kappa shape index (κ2) is 9.96. The van der Waals surface area contributed by atoms with Crippen LogP contribution in [0.25, 0.3) is 0 Å². The topological polar surface area (TPSA) is 47.6 Å². The highest BCUT2D eigenvalue weighted by Gasteiger charge is 2.12. The lowest BCUT2D eigenvalue weighted by molar-refractivity contribution is 0.0118. The molecular weight excluding hydrogens is 326 g/mol. The van der Waals surface area contributed by atoms with E-state index in [1.54, 1.807) is 0 Å². The molecule has 0 radical (unpaired) electrons. The molecule has 1 atom stereocenters. The lowest BCUT2D eigenvalue weighted by atomic mass is 10.2. The molecule has 0 fully saturated rings. The molecule has 0 aliphatic heterocycles. The molecule has 5 heteroatoms. The summed E-state index contributed by atoms with van der Waals surface area (Å²) in [6.45, 7) is 3.19. The minimum atomic E-state index is -0.433. The number of hydrogen-bond acceptors (Lipinski definition) is 3. The minimum Gasteiger partial charge on any atom is -0.444 e. The maximum Gasteiger partial charge on any atom is 0.407 e. The summed E-state index contributed by atoms with van der Waals surface area (Å²) < 4.78 is 11.0. The second-order valence-electron chi connectivity index (χ2n) is 5.42. The van der Waals surface area contributed by atoms with Gasteiger partial charge in [-0.05, 0) is 29.7 Å². The van der Waals surface area contributed by atoms with Gasteiger partial charge >= 0.3 is 6.09 Å². The first-order chi connectivity index (χ1) is 11.7. The SMILES string of the molecule is CCC(COCc1cccc(Cl)c1)OC(=O)NCc1ccccc1. The van der Waals surface area contributed by atoms with E-state index in [9.17, 15) is 4.79 Å². The van der Waals surface area contributed by atoms with Gasteiger partial charge in [0.1, 0.15) is 6.10 Å². The smallest absolute Gasteiger partial charge is 0.407 e. The largest absolute Gasteiger partial charge is 0.444 e. The summed E-state index contributed by atoms with van der Waals surface area (Å²) in [4.78, 5) is 11.9. The first kappa shape index (κ1) is 18.3. The van der Waals surface area contributed by atoms with E-state index < -0.39 is 6.09 Å². The number of benzene rings is 2.